The topological polar surface area (TPSA) is 68.0 Å². The molecule has 4 nitrogen and oxygen atoms in total. The highest BCUT2D eigenvalue weighted by molar-refractivity contribution is 5.92. The highest BCUT2D eigenvalue weighted by Crippen LogP contribution is 2.24. The van der Waals surface area contributed by atoms with Gasteiger partial charge in [-0.3, -0.25) is 9.78 Å². The van der Waals surface area contributed by atoms with Gasteiger partial charge in [-0.2, -0.15) is 0 Å². The molecule has 2 unspecified atom stereocenters. The van der Waals surface area contributed by atoms with Gasteiger partial charge < -0.3 is 11.1 Å². The maximum Gasteiger partial charge on any atom is 0.229 e. The van der Waals surface area contributed by atoms with Gasteiger partial charge in [-0.15, -0.1) is 0 Å². The maximum atomic E-state index is 12.0. The van der Waals surface area contributed by atoms with E-state index in [1.165, 1.54) is 0 Å². The number of hydrogen-bond donors (Lipinski definition) is 2. The highest BCUT2D eigenvalue weighted by atomic mass is 16.1. The van der Waals surface area contributed by atoms with Gasteiger partial charge in [-0.25, -0.2) is 0 Å². The predicted octanol–water partition coefficient (Wildman–Crippen LogP) is 1.54. The van der Waals surface area contributed by atoms with Crippen LogP contribution in [-0.2, 0) is 4.79 Å². The molecule has 1 amide bonds. The molecule has 0 radical (unpaired) electrons. The second-order valence-electron chi connectivity index (χ2n) is 4.28. The first kappa shape index (κ1) is 11.1. The van der Waals surface area contributed by atoms with E-state index in [4.69, 9.17) is 5.73 Å². The Labute approximate surface area is 95.3 Å². The maximum absolute atomic E-state index is 12.0. The molecule has 1 aliphatic rings. The van der Waals surface area contributed by atoms with Gasteiger partial charge in [0.15, 0.2) is 0 Å². The third-order valence-electron chi connectivity index (χ3n) is 3.10. The fraction of sp³-hybridized carbons (Fsp3) is 0.500. The summed E-state index contributed by atoms with van der Waals surface area (Å²) in [6.07, 6.45) is 7.42. The highest BCUT2D eigenvalue weighted by Gasteiger charge is 2.28. The second-order valence-corrected chi connectivity index (χ2v) is 4.28. The lowest BCUT2D eigenvalue weighted by Crippen LogP contribution is -2.40. The number of carbonyl (C=O) groups is 1. The lowest BCUT2D eigenvalue weighted by atomic mass is 9.84. The average molecular weight is 219 g/mol. The number of nitrogens with two attached hydrogens (primary N) is 1. The molecule has 4 heteroatoms. The van der Waals surface area contributed by atoms with Gasteiger partial charge in [-0.05, 0) is 25.0 Å². The first-order valence-electron chi connectivity index (χ1n) is 5.74. The van der Waals surface area contributed by atoms with Gasteiger partial charge in [0, 0.05) is 24.1 Å². The number of hydrogen-bond acceptors (Lipinski definition) is 3. The molecule has 2 atom stereocenters. The second kappa shape index (κ2) is 5.07. The van der Waals surface area contributed by atoms with Crippen molar-refractivity contribution in [2.24, 2.45) is 11.7 Å². The molecule has 3 N–H and O–H groups in total. The predicted molar refractivity (Wildman–Crippen MR) is 62.8 cm³/mol. The summed E-state index contributed by atoms with van der Waals surface area (Å²) in [6, 6.07) is 3.58. The Kier molecular flexibility index (Phi) is 3.51. The van der Waals surface area contributed by atoms with E-state index >= 15 is 0 Å². The molecule has 1 heterocycles. The number of rotatable bonds is 2. The van der Waals surface area contributed by atoms with Crippen LogP contribution in [0, 0.1) is 5.92 Å². The Morgan fingerprint density at radius 2 is 2.00 bits per heavy atom. The smallest absolute Gasteiger partial charge is 0.229 e. The van der Waals surface area contributed by atoms with Gasteiger partial charge in [0.2, 0.25) is 5.91 Å². The molecule has 0 aromatic carbocycles. The van der Waals surface area contributed by atoms with E-state index in [9.17, 15) is 4.79 Å². The van der Waals surface area contributed by atoms with Crippen LogP contribution in [0.2, 0.25) is 0 Å². The Bertz CT molecular complexity index is 353. The molecule has 0 spiro atoms. The fourth-order valence-electron chi connectivity index (χ4n) is 2.16. The number of anilines is 1. The van der Waals surface area contributed by atoms with Crippen LogP contribution in [-0.4, -0.2) is 16.9 Å². The Balaban J connectivity index is 1.97. The zero-order valence-electron chi connectivity index (χ0n) is 9.23. The van der Waals surface area contributed by atoms with E-state index in [0.717, 1.165) is 31.4 Å². The first-order chi connectivity index (χ1) is 7.77. The normalized spacial score (nSPS) is 25.1. The van der Waals surface area contributed by atoms with Gasteiger partial charge in [0.05, 0.1) is 5.92 Å². The number of aromatic nitrogens is 1. The van der Waals surface area contributed by atoms with E-state index in [-0.39, 0.29) is 17.9 Å². The van der Waals surface area contributed by atoms with Gasteiger partial charge in [0.25, 0.3) is 0 Å². The molecule has 0 saturated heterocycles. The summed E-state index contributed by atoms with van der Waals surface area (Å²) >= 11 is 0. The fourth-order valence-corrected chi connectivity index (χ4v) is 2.16. The van der Waals surface area contributed by atoms with E-state index in [2.05, 4.69) is 10.3 Å². The van der Waals surface area contributed by atoms with Crippen molar-refractivity contribution in [1.82, 2.24) is 4.98 Å². The minimum Gasteiger partial charge on any atom is -0.327 e. The van der Waals surface area contributed by atoms with E-state index in [1.54, 1.807) is 24.5 Å². The first-order valence-corrected chi connectivity index (χ1v) is 5.74. The molecular weight excluding hydrogens is 202 g/mol. The van der Waals surface area contributed by atoms with Crippen molar-refractivity contribution in [3.05, 3.63) is 24.5 Å². The zero-order chi connectivity index (χ0) is 11.4. The molecule has 1 saturated carbocycles. The van der Waals surface area contributed by atoms with Crippen LogP contribution in [0.5, 0.6) is 0 Å². The van der Waals surface area contributed by atoms with E-state index in [1.807, 2.05) is 0 Å². The summed E-state index contributed by atoms with van der Waals surface area (Å²) < 4.78 is 0. The molecule has 1 aliphatic carbocycles. The quantitative estimate of drug-likeness (QED) is 0.792. The Morgan fingerprint density at radius 3 is 2.69 bits per heavy atom. The zero-order valence-corrected chi connectivity index (χ0v) is 9.23. The van der Waals surface area contributed by atoms with Crippen LogP contribution in [0.1, 0.15) is 25.7 Å². The van der Waals surface area contributed by atoms with E-state index in [0.29, 0.717) is 0 Å². The summed E-state index contributed by atoms with van der Waals surface area (Å²) in [5.74, 6) is 0.000292. The molecule has 0 bridgehead atoms. The number of carbonyl (C=O) groups excluding carboxylic acids is 1. The minimum atomic E-state index is -0.0399. The number of pyridine rings is 1. The molecule has 1 fully saturated rings. The minimum absolute atomic E-state index is 0.00980. The van der Waals surface area contributed by atoms with Crippen LogP contribution < -0.4 is 11.1 Å². The van der Waals surface area contributed by atoms with Crippen molar-refractivity contribution >= 4 is 11.6 Å². The third kappa shape index (κ3) is 2.58. The van der Waals surface area contributed by atoms with Crippen molar-refractivity contribution in [3.8, 4) is 0 Å². The van der Waals surface area contributed by atoms with Crippen molar-refractivity contribution in [1.29, 1.82) is 0 Å². The lowest BCUT2D eigenvalue weighted by molar-refractivity contribution is -0.121. The summed E-state index contributed by atoms with van der Waals surface area (Å²) in [7, 11) is 0. The molecule has 16 heavy (non-hydrogen) atoms. The summed E-state index contributed by atoms with van der Waals surface area (Å²) in [6.45, 7) is 0. The van der Waals surface area contributed by atoms with Gasteiger partial charge >= 0.3 is 0 Å². The molecule has 0 aliphatic heterocycles. The molecule has 1 aromatic rings. The standard InChI is InChI=1S/C12H17N3O/c13-11-4-2-1-3-10(11)12(16)15-9-5-7-14-8-6-9/h5-8,10-11H,1-4,13H2,(H,14,15,16). The van der Waals surface area contributed by atoms with Crippen LogP contribution >= 0.6 is 0 Å². The number of amides is 1. The monoisotopic (exact) mass is 219 g/mol. The van der Waals surface area contributed by atoms with Crippen LogP contribution in [0.25, 0.3) is 0 Å². The van der Waals surface area contributed by atoms with Crippen molar-refractivity contribution < 1.29 is 4.79 Å². The lowest BCUT2D eigenvalue weighted by Gasteiger charge is -2.27. The van der Waals surface area contributed by atoms with Gasteiger partial charge in [0.1, 0.15) is 0 Å². The van der Waals surface area contributed by atoms with Crippen molar-refractivity contribution in [3.63, 3.8) is 0 Å². The molecule has 1 aromatic heterocycles. The van der Waals surface area contributed by atoms with Crippen LogP contribution in [0.3, 0.4) is 0 Å². The summed E-state index contributed by atoms with van der Waals surface area (Å²) in [5, 5.41) is 2.88. The largest absolute Gasteiger partial charge is 0.327 e. The third-order valence-corrected chi connectivity index (χ3v) is 3.10. The van der Waals surface area contributed by atoms with Crippen LogP contribution in [0.4, 0.5) is 5.69 Å². The Hall–Kier alpha value is -1.42. The number of nitrogens with one attached hydrogen (secondary N) is 1. The summed E-state index contributed by atoms with van der Waals surface area (Å²) in [5.41, 5.74) is 6.75. The molecule has 2 rings (SSSR count). The van der Waals surface area contributed by atoms with Gasteiger partial charge in [-0.1, -0.05) is 12.8 Å². The van der Waals surface area contributed by atoms with Crippen molar-refractivity contribution in [2.75, 3.05) is 5.32 Å². The molecular formula is C12H17N3O. The SMILES string of the molecule is NC1CCCCC1C(=O)Nc1ccncc1. The van der Waals surface area contributed by atoms with Crippen LogP contribution in [0.15, 0.2) is 24.5 Å². The molecule has 86 valence electrons. The average Bonchev–Trinajstić information content (AvgIpc) is 2.31. The Morgan fingerprint density at radius 1 is 1.31 bits per heavy atom. The number of nitrogens with zero attached hydrogens (tertiary/aromatic N) is 1. The van der Waals surface area contributed by atoms with E-state index < -0.39 is 0 Å². The van der Waals surface area contributed by atoms with Crippen molar-refractivity contribution in [2.45, 2.75) is 31.7 Å². The summed E-state index contributed by atoms with van der Waals surface area (Å²) in [4.78, 5) is 15.9.